The van der Waals surface area contributed by atoms with Crippen LogP contribution in [0.4, 0.5) is 11.4 Å². The molecule has 148 valence electrons. The van der Waals surface area contributed by atoms with Crippen molar-refractivity contribution in [2.75, 3.05) is 17.2 Å². The van der Waals surface area contributed by atoms with E-state index in [2.05, 4.69) is 10.6 Å². The van der Waals surface area contributed by atoms with Crippen molar-refractivity contribution in [2.24, 2.45) is 0 Å². The number of hydrogen-bond acceptors (Lipinski definition) is 5. The molecule has 0 radical (unpaired) electrons. The zero-order chi connectivity index (χ0) is 20.8. The Morgan fingerprint density at radius 1 is 0.966 bits per heavy atom. The summed E-state index contributed by atoms with van der Waals surface area (Å²) in [5.41, 5.74) is 3.46. The lowest BCUT2D eigenvalue weighted by Gasteiger charge is -2.10. The van der Waals surface area contributed by atoms with Crippen molar-refractivity contribution < 1.29 is 23.5 Å². The smallest absolute Gasteiger partial charge is 0.338 e. The van der Waals surface area contributed by atoms with Crippen molar-refractivity contribution in [1.29, 1.82) is 0 Å². The lowest BCUT2D eigenvalue weighted by Crippen LogP contribution is -2.21. The molecule has 3 aromatic rings. The molecule has 1 heterocycles. The fourth-order valence-corrected chi connectivity index (χ4v) is 2.64. The Kier molecular flexibility index (Phi) is 6.09. The van der Waals surface area contributed by atoms with Crippen LogP contribution in [-0.4, -0.2) is 24.4 Å². The minimum atomic E-state index is -0.635. The molecule has 0 aliphatic carbocycles. The molecular formula is C22H20N2O5. The van der Waals surface area contributed by atoms with Gasteiger partial charge in [-0.3, -0.25) is 9.59 Å². The van der Waals surface area contributed by atoms with Crippen molar-refractivity contribution in [2.45, 2.75) is 13.8 Å². The Labute approximate surface area is 167 Å². The first-order chi connectivity index (χ1) is 13.9. The molecule has 7 nitrogen and oxygen atoms in total. The van der Waals surface area contributed by atoms with E-state index in [0.717, 1.165) is 11.1 Å². The highest BCUT2D eigenvalue weighted by molar-refractivity contribution is 6.02. The maximum Gasteiger partial charge on any atom is 0.338 e. The average molecular weight is 392 g/mol. The number of furan rings is 1. The first-order valence-electron chi connectivity index (χ1n) is 8.91. The lowest BCUT2D eigenvalue weighted by molar-refractivity contribution is -0.119. The van der Waals surface area contributed by atoms with Gasteiger partial charge in [0.1, 0.15) is 0 Å². The maximum absolute atomic E-state index is 12.1. The Morgan fingerprint density at radius 3 is 2.38 bits per heavy atom. The van der Waals surface area contributed by atoms with E-state index in [-0.39, 0.29) is 11.3 Å². The molecule has 1 aromatic heterocycles. The maximum atomic E-state index is 12.1. The summed E-state index contributed by atoms with van der Waals surface area (Å²) in [6.45, 7) is 3.46. The fraction of sp³-hybridized carbons (Fsp3) is 0.136. The summed E-state index contributed by atoms with van der Waals surface area (Å²) in [6, 6.07) is 14.9. The van der Waals surface area contributed by atoms with E-state index in [1.54, 1.807) is 30.3 Å². The van der Waals surface area contributed by atoms with Crippen molar-refractivity contribution in [1.82, 2.24) is 0 Å². The van der Waals surface area contributed by atoms with Crippen molar-refractivity contribution in [3.8, 4) is 0 Å². The standard InChI is InChI=1S/C22H20N2O5/c1-14-5-10-18(15(2)12-14)24-20(25)13-29-22(27)16-6-8-17(9-7-16)23-21(26)19-4-3-11-28-19/h3-12H,13H2,1-2H3,(H,23,26)(H,24,25). The van der Waals surface area contributed by atoms with Crippen molar-refractivity contribution >= 4 is 29.2 Å². The van der Waals surface area contributed by atoms with Crippen LogP contribution in [0.15, 0.2) is 65.3 Å². The van der Waals surface area contributed by atoms with Gasteiger partial charge in [-0.25, -0.2) is 4.79 Å². The molecule has 0 bridgehead atoms. The van der Waals surface area contributed by atoms with Gasteiger partial charge in [-0.1, -0.05) is 17.7 Å². The Morgan fingerprint density at radius 2 is 1.72 bits per heavy atom. The Hall–Kier alpha value is -3.87. The first-order valence-corrected chi connectivity index (χ1v) is 8.91. The van der Waals surface area contributed by atoms with E-state index in [0.29, 0.717) is 11.4 Å². The van der Waals surface area contributed by atoms with Crippen LogP contribution in [0.25, 0.3) is 0 Å². The minimum Gasteiger partial charge on any atom is -0.459 e. The SMILES string of the molecule is Cc1ccc(NC(=O)COC(=O)c2ccc(NC(=O)c3ccco3)cc2)c(C)c1. The normalized spacial score (nSPS) is 10.3. The van der Waals surface area contributed by atoms with Gasteiger partial charge < -0.3 is 19.8 Å². The van der Waals surface area contributed by atoms with Gasteiger partial charge in [-0.05, 0) is 61.9 Å². The molecule has 29 heavy (non-hydrogen) atoms. The molecule has 0 aliphatic rings. The fourth-order valence-electron chi connectivity index (χ4n) is 2.64. The number of carbonyl (C=O) groups excluding carboxylic acids is 3. The number of rotatable bonds is 6. The summed E-state index contributed by atoms with van der Waals surface area (Å²) in [5.74, 6) is -1.27. The molecule has 0 atom stereocenters. The number of carbonyl (C=O) groups is 3. The van der Waals surface area contributed by atoms with E-state index in [1.807, 2.05) is 26.0 Å². The summed E-state index contributed by atoms with van der Waals surface area (Å²) in [4.78, 5) is 36.1. The van der Waals surface area contributed by atoms with Crippen LogP contribution < -0.4 is 10.6 Å². The predicted octanol–water partition coefficient (Wildman–Crippen LogP) is 3.94. The summed E-state index contributed by atoms with van der Waals surface area (Å²) < 4.78 is 10.1. The molecule has 0 aliphatic heterocycles. The van der Waals surface area contributed by atoms with Gasteiger partial charge in [0.2, 0.25) is 0 Å². The second kappa shape index (κ2) is 8.88. The van der Waals surface area contributed by atoms with E-state index < -0.39 is 24.4 Å². The van der Waals surface area contributed by atoms with Gasteiger partial charge in [-0.15, -0.1) is 0 Å². The largest absolute Gasteiger partial charge is 0.459 e. The molecule has 7 heteroatoms. The third-order valence-electron chi connectivity index (χ3n) is 4.11. The van der Waals surface area contributed by atoms with Crippen LogP contribution in [0.2, 0.25) is 0 Å². The average Bonchev–Trinajstić information content (AvgIpc) is 3.24. The van der Waals surface area contributed by atoms with Gasteiger partial charge >= 0.3 is 5.97 Å². The van der Waals surface area contributed by atoms with Crippen molar-refractivity contribution in [3.63, 3.8) is 0 Å². The zero-order valence-corrected chi connectivity index (χ0v) is 16.0. The zero-order valence-electron chi connectivity index (χ0n) is 16.0. The quantitative estimate of drug-likeness (QED) is 0.619. The molecule has 0 unspecified atom stereocenters. The molecule has 0 saturated carbocycles. The third-order valence-corrected chi connectivity index (χ3v) is 4.11. The van der Waals surface area contributed by atoms with Crippen LogP contribution in [0.5, 0.6) is 0 Å². The lowest BCUT2D eigenvalue weighted by atomic mass is 10.1. The summed E-state index contributed by atoms with van der Waals surface area (Å²) in [6.07, 6.45) is 1.41. The van der Waals surface area contributed by atoms with Crippen LogP contribution in [0.1, 0.15) is 32.0 Å². The van der Waals surface area contributed by atoms with E-state index in [4.69, 9.17) is 9.15 Å². The number of ether oxygens (including phenoxy) is 1. The highest BCUT2D eigenvalue weighted by Gasteiger charge is 2.13. The molecule has 0 spiro atoms. The molecule has 2 N–H and O–H groups in total. The number of hydrogen-bond donors (Lipinski definition) is 2. The van der Waals surface area contributed by atoms with Gasteiger partial charge in [0.05, 0.1) is 11.8 Å². The van der Waals surface area contributed by atoms with Gasteiger partial charge in [0.25, 0.3) is 11.8 Å². The second-order valence-electron chi connectivity index (χ2n) is 6.45. The third kappa shape index (κ3) is 5.32. The summed E-state index contributed by atoms with van der Waals surface area (Å²) >= 11 is 0. The minimum absolute atomic E-state index is 0.184. The van der Waals surface area contributed by atoms with E-state index in [1.165, 1.54) is 18.4 Å². The molecular weight excluding hydrogens is 372 g/mol. The highest BCUT2D eigenvalue weighted by Crippen LogP contribution is 2.16. The van der Waals surface area contributed by atoms with Gasteiger partial charge in [0.15, 0.2) is 12.4 Å². The van der Waals surface area contributed by atoms with Crippen LogP contribution in [0.3, 0.4) is 0 Å². The Bertz CT molecular complexity index is 1020. The van der Waals surface area contributed by atoms with Crippen molar-refractivity contribution in [3.05, 3.63) is 83.3 Å². The second-order valence-corrected chi connectivity index (χ2v) is 6.45. The summed E-state index contributed by atoms with van der Waals surface area (Å²) in [5, 5.41) is 5.36. The molecule has 2 aromatic carbocycles. The highest BCUT2D eigenvalue weighted by atomic mass is 16.5. The van der Waals surface area contributed by atoms with Crippen LogP contribution in [-0.2, 0) is 9.53 Å². The number of amides is 2. The molecule has 0 fully saturated rings. The predicted molar refractivity (Wildman–Crippen MR) is 108 cm³/mol. The number of esters is 1. The summed E-state index contributed by atoms with van der Waals surface area (Å²) in [7, 11) is 0. The first kappa shape index (κ1) is 19.9. The van der Waals surface area contributed by atoms with E-state index >= 15 is 0 Å². The number of nitrogens with one attached hydrogen (secondary N) is 2. The number of anilines is 2. The molecule has 3 rings (SSSR count). The monoisotopic (exact) mass is 392 g/mol. The number of aryl methyl sites for hydroxylation is 2. The van der Waals surface area contributed by atoms with Crippen LogP contribution >= 0.6 is 0 Å². The molecule has 0 saturated heterocycles. The van der Waals surface area contributed by atoms with Gasteiger partial charge in [-0.2, -0.15) is 0 Å². The molecule has 2 amide bonds. The van der Waals surface area contributed by atoms with Crippen LogP contribution in [0, 0.1) is 13.8 Å². The Balaban J connectivity index is 1.51. The van der Waals surface area contributed by atoms with E-state index in [9.17, 15) is 14.4 Å². The van der Waals surface area contributed by atoms with Gasteiger partial charge in [0, 0.05) is 11.4 Å². The topological polar surface area (TPSA) is 97.6 Å². The number of benzene rings is 2.